The van der Waals surface area contributed by atoms with Gasteiger partial charge in [0.25, 0.3) is 0 Å². The number of halogens is 1. The van der Waals surface area contributed by atoms with E-state index in [0.29, 0.717) is 12.2 Å². The molecule has 1 aliphatic rings. The van der Waals surface area contributed by atoms with Gasteiger partial charge in [0.05, 0.1) is 5.76 Å². The van der Waals surface area contributed by atoms with Crippen LogP contribution in [0.2, 0.25) is 0 Å². The number of hydrogen-bond acceptors (Lipinski definition) is 2. The maximum absolute atomic E-state index is 10.6. The highest BCUT2D eigenvalue weighted by Gasteiger charge is 2.02. The van der Waals surface area contributed by atoms with E-state index < -0.39 is 0 Å². The number of rotatable bonds is 15. The summed E-state index contributed by atoms with van der Waals surface area (Å²) in [7, 11) is 0. The van der Waals surface area contributed by atoms with E-state index in [2.05, 4.69) is 0 Å². The van der Waals surface area contributed by atoms with Gasteiger partial charge in [-0.15, -0.1) is 0 Å². The molecule has 1 N–H and O–H groups in total. The van der Waals surface area contributed by atoms with E-state index in [4.69, 9.17) is 11.6 Å². The predicted molar refractivity (Wildman–Crippen MR) is 103 cm³/mol. The van der Waals surface area contributed by atoms with E-state index >= 15 is 0 Å². The fourth-order valence-electron chi connectivity index (χ4n) is 3.03. The number of hydrogen-bond donors (Lipinski definition) is 1. The van der Waals surface area contributed by atoms with E-state index in [9.17, 15) is 9.90 Å². The summed E-state index contributed by atoms with van der Waals surface area (Å²) < 4.78 is 0. The maximum atomic E-state index is 10.6. The summed E-state index contributed by atoms with van der Waals surface area (Å²) in [5.41, 5.74) is 0.976. The lowest BCUT2D eigenvalue weighted by atomic mass is 10.0. The molecule has 0 atom stereocenters. The van der Waals surface area contributed by atoms with E-state index in [0.717, 1.165) is 31.3 Å². The molecule has 0 aromatic heterocycles. The Bertz CT molecular complexity index is 421. The third-order valence-corrected chi connectivity index (χ3v) is 4.72. The molecule has 0 saturated carbocycles. The molecule has 0 aromatic carbocycles. The van der Waals surface area contributed by atoms with Crippen molar-refractivity contribution in [3.8, 4) is 0 Å². The monoisotopic (exact) mass is 352 g/mol. The number of aliphatic hydroxyl groups is 1. The van der Waals surface area contributed by atoms with Crippen LogP contribution in [-0.4, -0.2) is 10.3 Å². The van der Waals surface area contributed by atoms with Gasteiger partial charge in [0.1, 0.15) is 0 Å². The Labute approximate surface area is 152 Å². The molecule has 0 fully saturated rings. The Kier molecular flexibility index (Phi) is 12.6. The SMILES string of the molecule is O=C(Cl)CCCCCCCCCCCCCCC(O)=C1C=CC=C1. The van der Waals surface area contributed by atoms with E-state index in [1.165, 1.54) is 57.8 Å². The van der Waals surface area contributed by atoms with Crippen LogP contribution in [0.15, 0.2) is 35.6 Å². The summed E-state index contributed by atoms with van der Waals surface area (Å²) in [6, 6.07) is 0. The van der Waals surface area contributed by atoms with Gasteiger partial charge < -0.3 is 5.11 Å². The number of allylic oxidation sites excluding steroid dienone is 6. The highest BCUT2D eigenvalue weighted by molar-refractivity contribution is 6.63. The van der Waals surface area contributed by atoms with Crippen molar-refractivity contribution in [3.63, 3.8) is 0 Å². The minimum Gasteiger partial charge on any atom is -0.512 e. The minimum atomic E-state index is -0.200. The van der Waals surface area contributed by atoms with Crippen LogP contribution in [0.25, 0.3) is 0 Å². The topological polar surface area (TPSA) is 37.3 Å². The van der Waals surface area contributed by atoms with Gasteiger partial charge in [-0.3, -0.25) is 4.79 Å². The molecule has 0 heterocycles. The van der Waals surface area contributed by atoms with Crippen molar-refractivity contribution in [1.29, 1.82) is 0 Å². The number of carbonyl (C=O) groups is 1. The highest BCUT2D eigenvalue weighted by atomic mass is 35.5. The second-order valence-corrected chi connectivity index (χ2v) is 7.14. The summed E-state index contributed by atoms with van der Waals surface area (Å²) in [5, 5.41) is 9.71. The van der Waals surface area contributed by atoms with E-state index in [-0.39, 0.29) is 5.24 Å². The largest absolute Gasteiger partial charge is 0.512 e. The molecule has 0 spiro atoms. The van der Waals surface area contributed by atoms with E-state index in [1.807, 2.05) is 24.3 Å². The summed E-state index contributed by atoms with van der Waals surface area (Å²) in [5.74, 6) is 0.537. The standard InChI is InChI=1S/C21H33ClO2/c22-21(24)18-12-10-8-6-4-2-1-3-5-7-9-11-17-20(23)19-15-13-14-16-19/h13-16,23H,1-12,17-18H2. The zero-order valence-electron chi connectivity index (χ0n) is 14.9. The fraction of sp³-hybridized carbons (Fsp3) is 0.667. The summed E-state index contributed by atoms with van der Waals surface area (Å²) in [4.78, 5) is 10.6. The van der Waals surface area contributed by atoms with Crippen LogP contribution < -0.4 is 0 Å². The molecule has 0 amide bonds. The Morgan fingerprint density at radius 2 is 1.08 bits per heavy atom. The maximum Gasteiger partial charge on any atom is 0.221 e. The molecule has 0 radical (unpaired) electrons. The average molecular weight is 353 g/mol. The predicted octanol–water partition coefficient (Wildman–Crippen LogP) is 7.15. The lowest BCUT2D eigenvalue weighted by Gasteiger charge is -2.04. The van der Waals surface area contributed by atoms with Crippen LogP contribution in [0.4, 0.5) is 0 Å². The van der Waals surface area contributed by atoms with Gasteiger partial charge in [0, 0.05) is 18.4 Å². The molecule has 0 bridgehead atoms. The Balaban J connectivity index is 1.78. The van der Waals surface area contributed by atoms with Gasteiger partial charge in [-0.25, -0.2) is 0 Å². The molecule has 0 saturated heterocycles. The lowest BCUT2D eigenvalue weighted by Crippen LogP contribution is -1.88. The Morgan fingerprint density at radius 3 is 1.50 bits per heavy atom. The molecule has 136 valence electrons. The number of unbranched alkanes of at least 4 members (excludes halogenated alkanes) is 11. The first kappa shape index (κ1) is 21.0. The molecule has 1 rings (SSSR count). The summed E-state index contributed by atoms with van der Waals surface area (Å²) in [6.07, 6.45) is 24.0. The van der Waals surface area contributed by atoms with Crippen LogP contribution >= 0.6 is 11.6 Å². The fourth-order valence-corrected chi connectivity index (χ4v) is 3.17. The second kappa shape index (κ2) is 14.3. The van der Waals surface area contributed by atoms with Crippen molar-refractivity contribution < 1.29 is 9.90 Å². The van der Waals surface area contributed by atoms with Crippen LogP contribution in [0.3, 0.4) is 0 Å². The summed E-state index contributed by atoms with van der Waals surface area (Å²) >= 11 is 5.31. The highest BCUT2D eigenvalue weighted by Crippen LogP contribution is 2.18. The molecule has 0 aliphatic heterocycles. The van der Waals surface area contributed by atoms with Crippen molar-refractivity contribution in [3.05, 3.63) is 35.6 Å². The van der Waals surface area contributed by atoms with Gasteiger partial charge >= 0.3 is 0 Å². The zero-order valence-corrected chi connectivity index (χ0v) is 15.7. The van der Waals surface area contributed by atoms with Crippen molar-refractivity contribution >= 4 is 16.8 Å². The van der Waals surface area contributed by atoms with Crippen LogP contribution in [0, 0.1) is 0 Å². The molecule has 0 unspecified atom stereocenters. The third-order valence-electron chi connectivity index (χ3n) is 4.53. The first-order chi connectivity index (χ1) is 11.7. The van der Waals surface area contributed by atoms with Crippen LogP contribution in [0.5, 0.6) is 0 Å². The van der Waals surface area contributed by atoms with Gasteiger partial charge in [-0.1, -0.05) is 88.5 Å². The Morgan fingerprint density at radius 1 is 0.708 bits per heavy atom. The van der Waals surface area contributed by atoms with Crippen LogP contribution in [0.1, 0.15) is 89.9 Å². The quantitative estimate of drug-likeness (QED) is 0.193. The molecular formula is C21H33ClO2. The molecule has 0 aromatic rings. The molecule has 3 heteroatoms. The van der Waals surface area contributed by atoms with Crippen molar-refractivity contribution in [2.45, 2.75) is 89.9 Å². The van der Waals surface area contributed by atoms with Crippen LogP contribution in [-0.2, 0) is 4.79 Å². The van der Waals surface area contributed by atoms with Gasteiger partial charge in [0.15, 0.2) is 0 Å². The normalized spacial score (nSPS) is 13.0. The molecule has 24 heavy (non-hydrogen) atoms. The second-order valence-electron chi connectivity index (χ2n) is 6.72. The Hall–Kier alpha value is -1.02. The molecule has 1 aliphatic carbocycles. The average Bonchev–Trinajstić information content (AvgIpc) is 3.09. The number of carbonyl (C=O) groups excluding carboxylic acids is 1. The zero-order chi connectivity index (χ0) is 17.5. The molecular weight excluding hydrogens is 320 g/mol. The first-order valence-electron chi connectivity index (χ1n) is 9.65. The van der Waals surface area contributed by atoms with Crippen molar-refractivity contribution in [2.24, 2.45) is 0 Å². The smallest absolute Gasteiger partial charge is 0.221 e. The van der Waals surface area contributed by atoms with Gasteiger partial charge in [-0.05, 0) is 24.4 Å². The van der Waals surface area contributed by atoms with Gasteiger partial charge in [-0.2, -0.15) is 0 Å². The minimum absolute atomic E-state index is 0.200. The third kappa shape index (κ3) is 11.5. The molecule has 2 nitrogen and oxygen atoms in total. The summed E-state index contributed by atoms with van der Waals surface area (Å²) in [6.45, 7) is 0. The van der Waals surface area contributed by atoms with E-state index in [1.54, 1.807) is 0 Å². The van der Waals surface area contributed by atoms with Crippen molar-refractivity contribution in [1.82, 2.24) is 0 Å². The van der Waals surface area contributed by atoms with Gasteiger partial charge in [0.2, 0.25) is 5.24 Å². The first-order valence-corrected chi connectivity index (χ1v) is 10.0. The number of aliphatic hydroxyl groups excluding tert-OH is 1. The van der Waals surface area contributed by atoms with Crippen molar-refractivity contribution in [2.75, 3.05) is 0 Å². The lowest BCUT2D eigenvalue weighted by molar-refractivity contribution is -0.111.